The van der Waals surface area contributed by atoms with E-state index in [0.29, 0.717) is 6.54 Å². The Morgan fingerprint density at radius 2 is 1.92 bits per heavy atom. The summed E-state index contributed by atoms with van der Waals surface area (Å²) in [4.78, 5) is 9.15. The highest BCUT2D eigenvalue weighted by Crippen LogP contribution is 2.23. The van der Waals surface area contributed by atoms with Gasteiger partial charge < -0.3 is 14.4 Å². The third kappa shape index (κ3) is 3.24. The Morgan fingerprint density at radius 1 is 1.08 bits per heavy atom. The molecule has 0 amide bonds. The lowest BCUT2D eigenvalue weighted by Crippen LogP contribution is -2.07. The lowest BCUT2D eigenvalue weighted by atomic mass is 10.2. The molecule has 0 aliphatic rings. The molecule has 6 heteroatoms. The molecular formula is C19H19N5O. The molecule has 4 rings (SSSR count). The minimum Gasteiger partial charge on any atom is -0.362 e. The van der Waals surface area contributed by atoms with Gasteiger partial charge in [-0.05, 0) is 25.5 Å². The van der Waals surface area contributed by atoms with E-state index in [1.165, 1.54) is 5.56 Å². The topological polar surface area (TPSA) is 68.8 Å². The number of benzene rings is 1. The summed E-state index contributed by atoms with van der Waals surface area (Å²) in [7, 11) is 0. The molecule has 4 aromatic rings. The van der Waals surface area contributed by atoms with Crippen LogP contribution < -0.4 is 5.32 Å². The number of aryl methyl sites for hydroxylation is 2. The van der Waals surface area contributed by atoms with Crippen LogP contribution in [0.2, 0.25) is 0 Å². The molecule has 0 atom stereocenters. The monoisotopic (exact) mass is 333 g/mol. The molecule has 0 unspecified atom stereocenters. The fourth-order valence-corrected chi connectivity index (χ4v) is 2.93. The Labute approximate surface area is 145 Å². The lowest BCUT2D eigenvalue weighted by molar-refractivity contribution is 0.391. The van der Waals surface area contributed by atoms with Crippen molar-refractivity contribution in [2.45, 2.75) is 26.9 Å². The number of anilines is 1. The molecule has 0 saturated heterocycles. The van der Waals surface area contributed by atoms with Crippen molar-refractivity contribution >= 4 is 16.9 Å². The molecule has 3 aromatic heterocycles. The third-order valence-corrected chi connectivity index (χ3v) is 4.03. The van der Waals surface area contributed by atoms with Gasteiger partial charge in [0.2, 0.25) is 0 Å². The van der Waals surface area contributed by atoms with Crippen LogP contribution in [0.1, 0.15) is 22.8 Å². The summed E-state index contributed by atoms with van der Waals surface area (Å²) in [5, 5.41) is 7.40. The van der Waals surface area contributed by atoms with Gasteiger partial charge in [-0.3, -0.25) is 0 Å². The van der Waals surface area contributed by atoms with E-state index < -0.39 is 0 Å². The molecule has 1 N–H and O–H groups in total. The van der Waals surface area contributed by atoms with E-state index >= 15 is 0 Å². The maximum atomic E-state index is 5.12. The maximum Gasteiger partial charge on any atom is 0.154 e. The largest absolute Gasteiger partial charge is 0.362 e. The number of fused-ring (bicyclic) bond motifs is 1. The maximum absolute atomic E-state index is 5.12. The molecule has 25 heavy (non-hydrogen) atoms. The number of hydrogen-bond acceptors (Lipinski definition) is 5. The molecule has 126 valence electrons. The predicted octanol–water partition coefficient (Wildman–Crippen LogP) is 3.70. The number of aromatic nitrogens is 4. The third-order valence-electron chi connectivity index (χ3n) is 4.03. The highest BCUT2D eigenvalue weighted by Gasteiger charge is 2.12. The highest BCUT2D eigenvalue weighted by atomic mass is 16.5. The second-order valence-electron chi connectivity index (χ2n) is 6.06. The zero-order valence-corrected chi connectivity index (χ0v) is 14.2. The first-order valence-electron chi connectivity index (χ1n) is 8.22. The normalized spacial score (nSPS) is 11.1. The number of nitrogens with zero attached hydrogens (tertiary/aromatic N) is 4. The van der Waals surface area contributed by atoms with Crippen molar-refractivity contribution in [3.8, 4) is 0 Å². The first-order valence-corrected chi connectivity index (χ1v) is 8.22. The molecule has 0 spiro atoms. The van der Waals surface area contributed by atoms with Gasteiger partial charge in [0, 0.05) is 18.8 Å². The molecule has 3 heterocycles. The van der Waals surface area contributed by atoms with Crippen LogP contribution in [-0.4, -0.2) is 19.7 Å². The van der Waals surface area contributed by atoms with E-state index in [9.17, 15) is 0 Å². The summed E-state index contributed by atoms with van der Waals surface area (Å²) in [5.74, 6) is 2.35. The molecule has 0 bridgehead atoms. The van der Waals surface area contributed by atoms with E-state index in [2.05, 4.69) is 43.3 Å². The van der Waals surface area contributed by atoms with Gasteiger partial charge >= 0.3 is 0 Å². The van der Waals surface area contributed by atoms with E-state index in [4.69, 9.17) is 4.52 Å². The van der Waals surface area contributed by atoms with E-state index in [1.807, 2.05) is 44.2 Å². The summed E-state index contributed by atoms with van der Waals surface area (Å²) in [6, 6.07) is 14.3. The SMILES string of the molecule is Cc1nc(NCc2cc(C)on2)c2c(ccn2Cc2ccccc2)n1. The Balaban J connectivity index is 1.68. The number of nitrogens with one attached hydrogen (secondary N) is 1. The summed E-state index contributed by atoms with van der Waals surface area (Å²) in [6.07, 6.45) is 2.05. The summed E-state index contributed by atoms with van der Waals surface area (Å²) >= 11 is 0. The van der Waals surface area contributed by atoms with Crippen molar-refractivity contribution in [2.24, 2.45) is 0 Å². The van der Waals surface area contributed by atoms with Gasteiger partial charge in [0.05, 0.1) is 12.1 Å². The fourth-order valence-electron chi connectivity index (χ4n) is 2.93. The number of rotatable bonds is 5. The van der Waals surface area contributed by atoms with Gasteiger partial charge in [0.15, 0.2) is 5.82 Å². The van der Waals surface area contributed by atoms with Gasteiger partial charge in [-0.1, -0.05) is 35.5 Å². The van der Waals surface area contributed by atoms with Crippen molar-refractivity contribution in [3.63, 3.8) is 0 Å². The van der Waals surface area contributed by atoms with Crippen molar-refractivity contribution in [2.75, 3.05) is 5.32 Å². The molecule has 0 saturated carbocycles. The van der Waals surface area contributed by atoms with Crippen LogP contribution in [0.3, 0.4) is 0 Å². The van der Waals surface area contributed by atoms with E-state index in [-0.39, 0.29) is 0 Å². The van der Waals surface area contributed by atoms with E-state index in [1.54, 1.807) is 0 Å². The summed E-state index contributed by atoms with van der Waals surface area (Å²) in [6.45, 7) is 5.11. The Bertz CT molecular complexity index is 1000. The van der Waals surface area contributed by atoms with Crippen LogP contribution >= 0.6 is 0 Å². The molecule has 0 fully saturated rings. The van der Waals surface area contributed by atoms with Gasteiger partial charge in [-0.15, -0.1) is 0 Å². The number of hydrogen-bond donors (Lipinski definition) is 1. The lowest BCUT2D eigenvalue weighted by Gasteiger charge is -2.11. The molecule has 6 nitrogen and oxygen atoms in total. The fraction of sp³-hybridized carbons (Fsp3) is 0.211. The standard InChI is InChI=1S/C19H19N5O/c1-13-10-16(23-25-13)11-20-19-18-17(21-14(2)22-19)8-9-24(18)12-15-6-4-3-5-7-15/h3-10H,11-12H2,1-2H3,(H,20,21,22). The quantitative estimate of drug-likeness (QED) is 0.603. The van der Waals surface area contributed by atoms with Crippen molar-refractivity contribution in [1.29, 1.82) is 0 Å². The van der Waals surface area contributed by atoms with Crippen molar-refractivity contribution in [3.05, 3.63) is 71.5 Å². The smallest absolute Gasteiger partial charge is 0.154 e. The van der Waals surface area contributed by atoms with E-state index in [0.717, 1.165) is 40.7 Å². The van der Waals surface area contributed by atoms with Crippen LogP contribution in [0.5, 0.6) is 0 Å². The van der Waals surface area contributed by atoms with Crippen LogP contribution in [0.15, 0.2) is 53.2 Å². The summed E-state index contributed by atoms with van der Waals surface area (Å²) in [5.41, 5.74) is 4.01. The van der Waals surface area contributed by atoms with Gasteiger partial charge in [0.1, 0.15) is 22.8 Å². The van der Waals surface area contributed by atoms with Crippen LogP contribution in [0.4, 0.5) is 5.82 Å². The second-order valence-corrected chi connectivity index (χ2v) is 6.06. The Morgan fingerprint density at radius 3 is 2.68 bits per heavy atom. The van der Waals surface area contributed by atoms with Crippen molar-refractivity contribution in [1.82, 2.24) is 19.7 Å². The van der Waals surface area contributed by atoms with Gasteiger partial charge in [-0.2, -0.15) is 0 Å². The minimum atomic E-state index is 0.555. The average molecular weight is 333 g/mol. The van der Waals surface area contributed by atoms with Gasteiger partial charge in [0.25, 0.3) is 0 Å². The summed E-state index contributed by atoms with van der Waals surface area (Å²) < 4.78 is 7.29. The minimum absolute atomic E-state index is 0.555. The highest BCUT2D eigenvalue weighted by molar-refractivity contribution is 5.86. The predicted molar refractivity (Wildman–Crippen MR) is 96.4 cm³/mol. The van der Waals surface area contributed by atoms with Crippen LogP contribution in [0, 0.1) is 13.8 Å². The Hall–Kier alpha value is -3.15. The molecule has 0 aliphatic heterocycles. The molecule has 1 aromatic carbocycles. The average Bonchev–Trinajstić information content (AvgIpc) is 3.20. The first-order chi connectivity index (χ1) is 12.2. The second kappa shape index (κ2) is 6.39. The first kappa shape index (κ1) is 15.4. The van der Waals surface area contributed by atoms with Crippen LogP contribution in [0.25, 0.3) is 11.0 Å². The van der Waals surface area contributed by atoms with Crippen LogP contribution in [-0.2, 0) is 13.1 Å². The molecule has 0 aliphatic carbocycles. The van der Waals surface area contributed by atoms with Crippen molar-refractivity contribution < 1.29 is 4.52 Å². The zero-order chi connectivity index (χ0) is 17.2. The molecule has 0 radical (unpaired) electrons. The zero-order valence-electron chi connectivity index (χ0n) is 14.2. The molecular weight excluding hydrogens is 314 g/mol. The van der Waals surface area contributed by atoms with Gasteiger partial charge in [-0.25, -0.2) is 9.97 Å². The Kier molecular flexibility index (Phi) is 3.93.